The number of anilines is 2. The predicted molar refractivity (Wildman–Crippen MR) is 116 cm³/mol. The molecule has 32 heavy (non-hydrogen) atoms. The molecule has 0 radical (unpaired) electrons. The van der Waals surface area contributed by atoms with Gasteiger partial charge < -0.3 is 20.1 Å². The number of nitrogens with one attached hydrogen (secondary N) is 2. The summed E-state index contributed by atoms with van der Waals surface area (Å²) in [6.45, 7) is 1.39. The van der Waals surface area contributed by atoms with E-state index in [2.05, 4.69) is 10.0 Å². The van der Waals surface area contributed by atoms with E-state index < -0.39 is 33.6 Å². The van der Waals surface area contributed by atoms with Gasteiger partial charge in [0.1, 0.15) is 5.82 Å². The number of amides is 2. The molecule has 0 saturated carbocycles. The van der Waals surface area contributed by atoms with Crippen LogP contribution in [0.1, 0.15) is 18.9 Å². The van der Waals surface area contributed by atoms with Gasteiger partial charge in [0.05, 0.1) is 11.4 Å². The maximum Gasteiger partial charge on any atom is 0.410 e. The van der Waals surface area contributed by atoms with Gasteiger partial charge in [0.25, 0.3) is 11.7 Å². The molecule has 2 aromatic carbocycles. The van der Waals surface area contributed by atoms with E-state index in [0.717, 1.165) is 6.07 Å². The first kappa shape index (κ1) is 23.8. The standard InChI is InChI=1S/C20H21ClFN3O6S/c1-2-32(29,30)24-16-4-3-5-17(11-16)25-7-6-20(28,18(25)26)31-19(27)23-12-13-8-14(21)10-15(22)9-13/h3-5,8-11,24,28H,2,6-7,12H2,1H3,(H,23,27)/t20-/m0/s1. The summed E-state index contributed by atoms with van der Waals surface area (Å²) in [7, 11) is -3.51. The van der Waals surface area contributed by atoms with Crippen LogP contribution >= 0.6 is 11.6 Å². The van der Waals surface area contributed by atoms with Crippen LogP contribution in [0.2, 0.25) is 5.02 Å². The maximum atomic E-state index is 13.4. The van der Waals surface area contributed by atoms with Gasteiger partial charge in [0.2, 0.25) is 10.0 Å². The molecule has 1 atom stereocenters. The Morgan fingerprint density at radius 1 is 1.31 bits per heavy atom. The molecule has 2 amide bonds. The summed E-state index contributed by atoms with van der Waals surface area (Å²) in [6, 6.07) is 9.79. The van der Waals surface area contributed by atoms with Gasteiger partial charge in [-0.1, -0.05) is 17.7 Å². The molecule has 0 spiro atoms. The molecule has 0 unspecified atom stereocenters. The number of ether oxygens (including phenoxy) is 1. The SMILES string of the molecule is CCS(=O)(=O)Nc1cccc(N2CC[C@](O)(OC(=O)NCc3cc(F)cc(Cl)c3)C2=O)c1. The number of benzene rings is 2. The minimum Gasteiger partial charge on any atom is -0.407 e. The van der Waals surface area contributed by atoms with Crippen LogP contribution in [0.3, 0.4) is 0 Å². The number of halogens is 2. The molecule has 1 saturated heterocycles. The zero-order valence-electron chi connectivity index (χ0n) is 17.0. The molecule has 0 aromatic heterocycles. The van der Waals surface area contributed by atoms with E-state index in [1.165, 1.54) is 36.1 Å². The molecular weight excluding hydrogens is 465 g/mol. The third-order valence-electron chi connectivity index (χ3n) is 4.69. The van der Waals surface area contributed by atoms with Crippen LogP contribution in [0.25, 0.3) is 0 Å². The number of rotatable bonds is 7. The number of carbonyl (C=O) groups is 2. The lowest BCUT2D eigenvalue weighted by molar-refractivity contribution is -0.175. The quantitative estimate of drug-likeness (QED) is 0.518. The van der Waals surface area contributed by atoms with Crippen molar-refractivity contribution in [2.45, 2.75) is 25.7 Å². The molecule has 172 valence electrons. The minimum absolute atomic E-state index is 0.0338. The molecule has 9 nitrogen and oxygen atoms in total. The Bertz CT molecular complexity index is 1130. The second kappa shape index (κ2) is 9.31. The van der Waals surface area contributed by atoms with Gasteiger partial charge in [0, 0.05) is 30.2 Å². The highest BCUT2D eigenvalue weighted by Crippen LogP contribution is 2.31. The molecule has 3 N–H and O–H groups in total. The second-order valence-electron chi connectivity index (χ2n) is 7.07. The summed E-state index contributed by atoms with van der Waals surface area (Å²) < 4.78 is 44.2. The van der Waals surface area contributed by atoms with Gasteiger partial charge in [-0.25, -0.2) is 17.6 Å². The average molecular weight is 486 g/mol. The lowest BCUT2D eigenvalue weighted by atomic mass is 10.2. The van der Waals surface area contributed by atoms with Crippen molar-refractivity contribution in [3.63, 3.8) is 0 Å². The second-order valence-corrected chi connectivity index (χ2v) is 9.52. The Balaban J connectivity index is 1.65. The number of hydrogen-bond donors (Lipinski definition) is 3. The first-order chi connectivity index (χ1) is 15.0. The van der Waals surface area contributed by atoms with Gasteiger partial charge in [-0.2, -0.15) is 0 Å². The molecule has 1 heterocycles. The number of aliphatic hydroxyl groups is 1. The first-order valence-corrected chi connectivity index (χ1v) is 11.6. The van der Waals surface area contributed by atoms with Crippen LogP contribution in [0.15, 0.2) is 42.5 Å². The van der Waals surface area contributed by atoms with Crippen molar-refractivity contribution in [2.75, 3.05) is 21.9 Å². The molecule has 0 aliphatic carbocycles. The summed E-state index contributed by atoms with van der Waals surface area (Å²) in [4.78, 5) is 26.0. The Morgan fingerprint density at radius 2 is 2.06 bits per heavy atom. The maximum absolute atomic E-state index is 13.4. The van der Waals surface area contributed by atoms with Gasteiger partial charge in [-0.05, 0) is 48.9 Å². The van der Waals surface area contributed by atoms with Gasteiger partial charge >= 0.3 is 6.09 Å². The van der Waals surface area contributed by atoms with Crippen molar-refractivity contribution >= 4 is 45.0 Å². The van der Waals surface area contributed by atoms with Crippen LogP contribution in [0.4, 0.5) is 20.6 Å². The normalized spacial score (nSPS) is 18.5. The number of sulfonamides is 1. The van der Waals surface area contributed by atoms with Crippen molar-refractivity contribution in [1.29, 1.82) is 0 Å². The van der Waals surface area contributed by atoms with Crippen molar-refractivity contribution < 1.29 is 32.2 Å². The first-order valence-electron chi connectivity index (χ1n) is 9.58. The summed E-state index contributed by atoms with van der Waals surface area (Å²) in [5.41, 5.74) is 0.935. The monoisotopic (exact) mass is 485 g/mol. The zero-order valence-corrected chi connectivity index (χ0v) is 18.5. The molecule has 12 heteroatoms. The number of nitrogens with zero attached hydrogens (tertiary/aromatic N) is 1. The van der Waals surface area contributed by atoms with Gasteiger partial charge in [0.15, 0.2) is 0 Å². The van der Waals surface area contributed by atoms with E-state index in [9.17, 15) is 27.5 Å². The highest BCUT2D eigenvalue weighted by Gasteiger charge is 2.49. The topological polar surface area (TPSA) is 125 Å². The van der Waals surface area contributed by atoms with Crippen molar-refractivity contribution in [2.24, 2.45) is 0 Å². The molecular formula is C20H21ClFN3O6S. The van der Waals surface area contributed by atoms with Crippen LogP contribution in [0.5, 0.6) is 0 Å². The fraction of sp³-hybridized carbons (Fsp3) is 0.300. The molecule has 1 aliphatic heterocycles. The Labute approximate surface area is 189 Å². The smallest absolute Gasteiger partial charge is 0.407 e. The largest absolute Gasteiger partial charge is 0.410 e. The highest BCUT2D eigenvalue weighted by molar-refractivity contribution is 7.92. The summed E-state index contributed by atoms with van der Waals surface area (Å²) >= 11 is 5.76. The third-order valence-corrected chi connectivity index (χ3v) is 6.21. The van der Waals surface area contributed by atoms with Crippen molar-refractivity contribution in [3.05, 3.63) is 58.9 Å². The fourth-order valence-corrected chi connectivity index (χ4v) is 3.96. The molecule has 1 fully saturated rings. The van der Waals surface area contributed by atoms with E-state index in [1.54, 1.807) is 12.1 Å². The molecule has 3 rings (SSSR count). The van der Waals surface area contributed by atoms with E-state index in [-0.39, 0.29) is 36.0 Å². The van der Waals surface area contributed by atoms with Crippen LogP contribution in [-0.4, -0.2) is 43.6 Å². The molecule has 2 aromatic rings. The molecule has 1 aliphatic rings. The highest BCUT2D eigenvalue weighted by atomic mass is 35.5. The zero-order chi connectivity index (χ0) is 23.5. The predicted octanol–water partition coefficient (Wildman–Crippen LogP) is 2.59. The van der Waals surface area contributed by atoms with E-state index in [1.807, 2.05) is 0 Å². The lowest BCUT2D eigenvalue weighted by Crippen LogP contribution is -2.46. The van der Waals surface area contributed by atoms with E-state index >= 15 is 0 Å². The number of carbonyl (C=O) groups excluding carboxylic acids is 2. The van der Waals surface area contributed by atoms with E-state index in [4.69, 9.17) is 16.3 Å². The Kier molecular flexibility index (Phi) is 6.91. The fourth-order valence-electron chi connectivity index (χ4n) is 3.09. The van der Waals surface area contributed by atoms with Crippen LogP contribution in [0, 0.1) is 5.82 Å². The molecule has 0 bridgehead atoms. The summed E-state index contributed by atoms with van der Waals surface area (Å²) in [5.74, 6) is -3.98. The number of alkyl carbamates (subject to hydrolysis) is 1. The third kappa shape index (κ3) is 5.67. The van der Waals surface area contributed by atoms with Crippen molar-refractivity contribution in [3.8, 4) is 0 Å². The van der Waals surface area contributed by atoms with Gasteiger partial charge in [-0.15, -0.1) is 0 Å². The average Bonchev–Trinajstić information content (AvgIpc) is 3.00. The summed E-state index contributed by atoms with van der Waals surface area (Å²) in [6.07, 6.45) is -1.27. The number of hydrogen-bond acceptors (Lipinski definition) is 6. The Hall–Kier alpha value is -2.89. The Morgan fingerprint density at radius 3 is 2.75 bits per heavy atom. The lowest BCUT2D eigenvalue weighted by Gasteiger charge is -2.23. The minimum atomic E-state index is -3.51. The van der Waals surface area contributed by atoms with Crippen LogP contribution < -0.4 is 14.9 Å². The van der Waals surface area contributed by atoms with E-state index in [0.29, 0.717) is 11.3 Å². The summed E-state index contributed by atoms with van der Waals surface area (Å²) in [5, 5.41) is 13.1. The van der Waals surface area contributed by atoms with Crippen LogP contribution in [-0.2, 0) is 26.1 Å². The van der Waals surface area contributed by atoms with Crippen molar-refractivity contribution in [1.82, 2.24) is 5.32 Å². The van der Waals surface area contributed by atoms with Gasteiger partial charge in [-0.3, -0.25) is 9.52 Å².